The van der Waals surface area contributed by atoms with Gasteiger partial charge in [-0.2, -0.15) is 0 Å². The van der Waals surface area contributed by atoms with Crippen LogP contribution in [-0.2, 0) is 0 Å². The van der Waals surface area contributed by atoms with Crippen molar-refractivity contribution in [1.29, 1.82) is 0 Å². The Bertz CT molecular complexity index is 623. The van der Waals surface area contributed by atoms with E-state index in [1.54, 1.807) is 0 Å². The Balaban J connectivity index is 2.24. The molecule has 22 heavy (non-hydrogen) atoms. The van der Waals surface area contributed by atoms with Gasteiger partial charge in [0.15, 0.2) is 0 Å². The quantitative estimate of drug-likeness (QED) is 0.631. The fraction of sp³-hybridized carbons (Fsp3) is 0.235. The molecule has 4 nitrogen and oxygen atoms in total. The third kappa shape index (κ3) is 4.49. The topological polar surface area (TPSA) is 63.6 Å². The van der Waals surface area contributed by atoms with Gasteiger partial charge in [0.2, 0.25) is 0 Å². The molecule has 1 unspecified atom stereocenters. The summed E-state index contributed by atoms with van der Waals surface area (Å²) in [7, 11) is 0. The van der Waals surface area contributed by atoms with Crippen molar-refractivity contribution in [2.24, 2.45) is 15.7 Å². The van der Waals surface area contributed by atoms with Gasteiger partial charge < -0.3 is 5.73 Å². The van der Waals surface area contributed by atoms with Gasteiger partial charge >= 0.3 is 0 Å². The molecular weight excluding hydrogens is 340 g/mol. The van der Waals surface area contributed by atoms with Gasteiger partial charge in [0, 0.05) is 34.7 Å². The first-order valence-electron chi connectivity index (χ1n) is 7.10. The minimum Gasteiger partial charge on any atom is -0.390 e. The number of rotatable bonds is 6. The molecule has 0 aliphatic rings. The number of hydrogen-bond acceptors (Lipinski definition) is 2. The number of aromatic nitrogens is 1. The first-order chi connectivity index (χ1) is 10.7. The molecule has 0 fully saturated rings. The molecule has 0 radical (unpaired) electrons. The molecule has 1 aromatic carbocycles. The number of halogens is 1. The fourth-order valence-corrected chi connectivity index (χ4v) is 2.60. The summed E-state index contributed by atoms with van der Waals surface area (Å²) in [6.45, 7) is 2.82. The molecule has 0 spiro atoms. The Morgan fingerprint density at radius 1 is 1.23 bits per heavy atom. The summed E-state index contributed by atoms with van der Waals surface area (Å²) in [4.78, 5) is 12.7. The van der Waals surface area contributed by atoms with E-state index < -0.39 is 0 Å². The third-order valence-corrected chi connectivity index (χ3v) is 4.05. The molecule has 0 aliphatic heterocycles. The summed E-state index contributed by atoms with van der Waals surface area (Å²) in [5, 5.41) is 0. The Hall–Kier alpha value is -2.01. The van der Waals surface area contributed by atoms with Gasteiger partial charge in [-0.15, -0.1) is 0 Å². The maximum absolute atomic E-state index is 5.22. The van der Waals surface area contributed by atoms with E-state index in [1.165, 1.54) is 18.2 Å². The van der Waals surface area contributed by atoms with Gasteiger partial charge in [-0.25, -0.2) is 4.99 Å². The van der Waals surface area contributed by atoms with Gasteiger partial charge in [-0.3, -0.25) is 9.98 Å². The van der Waals surface area contributed by atoms with Gasteiger partial charge in [0.25, 0.3) is 0 Å². The lowest BCUT2D eigenvalue weighted by Crippen LogP contribution is -2.13. The molecule has 0 saturated carbocycles. The molecule has 2 aromatic rings. The van der Waals surface area contributed by atoms with Crippen molar-refractivity contribution < 1.29 is 0 Å². The molecule has 0 amide bonds. The second kappa shape index (κ2) is 8.44. The highest BCUT2D eigenvalue weighted by atomic mass is 79.9. The van der Waals surface area contributed by atoms with Crippen LogP contribution in [0.5, 0.6) is 0 Å². The van der Waals surface area contributed by atoms with Crippen molar-refractivity contribution >= 4 is 28.6 Å². The van der Waals surface area contributed by atoms with Crippen LogP contribution in [0.25, 0.3) is 0 Å². The highest BCUT2D eigenvalue weighted by molar-refractivity contribution is 9.10. The minimum atomic E-state index is 0.235. The normalized spacial score (nSPS) is 14.5. The summed E-state index contributed by atoms with van der Waals surface area (Å²) in [6.07, 6.45) is 4.56. The smallest absolute Gasteiger partial charge is 0.111 e. The van der Waals surface area contributed by atoms with Gasteiger partial charge in [0.1, 0.15) is 6.34 Å². The molecule has 2 rings (SSSR count). The summed E-state index contributed by atoms with van der Waals surface area (Å²) >= 11 is 3.42. The zero-order valence-corrected chi connectivity index (χ0v) is 14.0. The van der Waals surface area contributed by atoms with Gasteiger partial charge in [0.05, 0.1) is 6.34 Å². The number of nitrogens with zero attached hydrogens (tertiary/aromatic N) is 3. The molecular formula is C17H19BrN4. The van der Waals surface area contributed by atoms with Crippen LogP contribution < -0.4 is 5.73 Å². The summed E-state index contributed by atoms with van der Waals surface area (Å²) in [6, 6.07) is 14.4. The summed E-state index contributed by atoms with van der Waals surface area (Å²) < 4.78 is 0.981. The Kier molecular flexibility index (Phi) is 6.27. The van der Waals surface area contributed by atoms with E-state index in [9.17, 15) is 0 Å². The maximum Gasteiger partial charge on any atom is 0.111 e. The molecule has 2 N–H and O–H groups in total. The van der Waals surface area contributed by atoms with E-state index in [0.29, 0.717) is 6.54 Å². The first kappa shape index (κ1) is 16.4. The number of pyridine rings is 1. The molecule has 0 saturated heterocycles. The molecule has 0 aliphatic carbocycles. The van der Waals surface area contributed by atoms with Crippen LogP contribution in [0.4, 0.5) is 0 Å². The monoisotopic (exact) mass is 358 g/mol. The molecule has 1 aromatic heterocycles. The predicted molar refractivity (Wildman–Crippen MR) is 95.6 cm³/mol. The lowest BCUT2D eigenvalue weighted by molar-refractivity contribution is 0.573. The molecule has 2 atom stereocenters. The first-order valence-corrected chi connectivity index (χ1v) is 7.89. The van der Waals surface area contributed by atoms with Crippen molar-refractivity contribution in [3.8, 4) is 0 Å². The van der Waals surface area contributed by atoms with E-state index >= 15 is 0 Å². The van der Waals surface area contributed by atoms with Gasteiger partial charge in [-0.05, 0) is 33.6 Å². The van der Waals surface area contributed by atoms with E-state index in [1.807, 2.05) is 36.5 Å². The maximum atomic E-state index is 5.22. The van der Waals surface area contributed by atoms with Crippen LogP contribution in [0.3, 0.4) is 0 Å². The predicted octanol–water partition coefficient (Wildman–Crippen LogP) is 3.75. The van der Waals surface area contributed by atoms with Crippen molar-refractivity contribution in [3.05, 3.63) is 64.4 Å². The largest absolute Gasteiger partial charge is 0.390 e. The Labute approximate surface area is 139 Å². The van der Waals surface area contributed by atoms with Crippen molar-refractivity contribution in [2.45, 2.75) is 18.8 Å². The van der Waals surface area contributed by atoms with Crippen molar-refractivity contribution in [2.75, 3.05) is 6.54 Å². The van der Waals surface area contributed by atoms with Crippen LogP contribution in [-0.4, -0.2) is 24.2 Å². The van der Waals surface area contributed by atoms with Crippen LogP contribution >= 0.6 is 15.9 Å². The number of benzene rings is 1. The SMILES string of the molecule is C[C@@H](c1ccc(Br)cn1)C(CN=CN=CN)c1ccccc1. The molecule has 1 heterocycles. The summed E-state index contributed by atoms with van der Waals surface area (Å²) in [5.41, 5.74) is 7.52. The van der Waals surface area contributed by atoms with Crippen molar-refractivity contribution in [1.82, 2.24) is 4.98 Å². The molecule has 5 heteroatoms. The van der Waals surface area contributed by atoms with Crippen LogP contribution in [0.2, 0.25) is 0 Å². The highest BCUT2D eigenvalue weighted by Gasteiger charge is 2.21. The average Bonchev–Trinajstić information content (AvgIpc) is 2.56. The number of aliphatic imine (C=N–C) groups is 2. The standard InChI is InChI=1S/C17H19BrN4/c1-13(17-8-7-15(18)9-22-17)16(10-20-12-21-11-19)14-5-3-2-4-6-14/h2-9,11-13,16H,10H2,1H3,(H2,19,20,21)/t13-,16?/m1/s1. The van der Waals surface area contributed by atoms with Gasteiger partial charge in [-0.1, -0.05) is 37.3 Å². The average molecular weight is 359 g/mol. The summed E-state index contributed by atoms with van der Waals surface area (Å²) in [5.74, 6) is 0.480. The van der Waals surface area contributed by atoms with Crippen molar-refractivity contribution in [3.63, 3.8) is 0 Å². The van der Waals surface area contributed by atoms with Crippen LogP contribution in [0.1, 0.15) is 30.0 Å². The lowest BCUT2D eigenvalue weighted by atomic mass is 9.85. The number of hydrogen-bond donors (Lipinski definition) is 1. The zero-order valence-electron chi connectivity index (χ0n) is 12.4. The lowest BCUT2D eigenvalue weighted by Gasteiger charge is -2.22. The van der Waals surface area contributed by atoms with E-state index in [4.69, 9.17) is 5.73 Å². The zero-order chi connectivity index (χ0) is 15.8. The second-order valence-electron chi connectivity index (χ2n) is 4.99. The number of nitrogens with two attached hydrogens (primary N) is 1. The molecule has 0 bridgehead atoms. The molecule has 114 valence electrons. The van der Waals surface area contributed by atoms with Crippen LogP contribution in [0.15, 0.2) is 63.1 Å². The third-order valence-electron chi connectivity index (χ3n) is 3.58. The Morgan fingerprint density at radius 2 is 2.00 bits per heavy atom. The Morgan fingerprint density at radius 3 is 2.64 bits per heavy atom. The highest BCUT2D eigenvalue weighted by Crippen LogP contribution is 2.32. The van der Waals surface area contributed by atoms with E-state index in [2.05, 4.69) is 50.0 Å². The van der Waals surface area contributed by atoms with E-state index in [-0.39, 0.29) is 11.8 Å². The minimum absolute atomic E-state index is 0.235. The fourth-order valence-electron chi connectivity index (χ4n) is 2.36. The van der Waals surface area contributed by atoms with E-state index in [0.717, 1.165) is 10.2 Å². The second-order valence-corrected chi connectivity index (χ2v) is 5.90. The van der Waals surface area contributed by atoms with Crippen LogP contribution in [0, 0.1) is 0 Å².